The molecule has 0 aliphatic heterocycles. The number of pyridine rings is 1. The van der Waals surface area contributed by atoms with Gasteiger partial charge in [-0.15, -0.1) is 0 Å². The number of aryl methyl sites for hydroxylation is 1. The zero-order valence-corrected chi connectivity index (χ0v) is 16.3. The Morgan fingerprint density at radius 2 is 1.90 bits per heavy atom. The van der Waals surface area contributed by atoms with E-state index in [2.05, 4.69) is 25.6 Å². The molecule has 0 aliphatic carbocycles. The van der Waals surface area contributed by atoms with E-state index >= 15 is 0 Å². The molecule has 4 aromatic rings. The van der Waals surface area contributed by atoms with Gasteiger partial charge in [0.05, 0.1) is 29.4 Å². The molecule has 0 saturated heterocycles. The molecule has 30 heavy (non-hydrogen) atoms. The first-order chi connectivity index (χ1) is 14.5. The van der Waals surface area contributed by atoms with Gasteiger partial charge in [-0.25, -0.2) is 4.98 Å². The predicted molar refractivity (Wildman–Crippen MR) is 115 cm³/mol. The van der Waals surface area contributed by atoms with Crippen LogP contribution in [0.2, 0.25) is 0 Å². The lowest BCUT2D eigenvalue weighted by Crippen LogP contribution is -2.03. The molecular formula is C21H18N6O3. The van der Waals surface area contributed by atoms with Crippen LogP contribution in [0.3, 0.4) is 0 Å². The van der Waals surface area contributed by atoms with Gasteiger partial charge in [0, 0.05) is 29.4 Å². The number of ether oxygens (including phenoxy) is 1. The third-order valence-corrected chi connectivity index (χ3v) is 4.49. The number of hydrogen-bond donors (Lipinski definition) is 2. The Morgan fingerprint density at radius 3 is 2.70 bits per heavy atom. The summed E-state index contributed by atoms with van der Waals surface area (Å²) in [4.78, 5) is 23.8. The SMILES string of the molecule is COc1cc(Nc2nccc(Nc3cnc4ccccc4c3)n2)c(C)cc1[N+](=O)[O-]. The van der Waals surface area contributed by atoms with Crippen molar-refractivity contribution in [2.75, 3.05) is 17.7 Å². The maximum atomic E-state index is 11.2. The van der Waals surface area contributed by atoms with Gasteiger partial charge in [-0.05, 0) is 30.7 Å². The van der Waals surface area contributed by atoms with Crippen LogP contribution >= 0.6 is 0 Å². The minimum Gasteiger partial charge on any atom is -0.490 e. The fraction of sp³-hybridized carbons (Fsp3) is 0.0952. The summed E-state index contributed by atoms with van der Waals surface area (Å²) in [6.45, 7) is 1.76. The van der Waals surface area contributed by atoms with Crippen molar-refractivity contribution in [3.63, 3.8) is 0 Å². The number of nitro benzene ring substituents is 1. The first-order valence-corrected chi connectivity index (χ1v) is 9.08. The second-order valence-electron chi connectivity index (χ2n) is 6.53. The summed E-state index contributed by atoms with van der Waals surface area (Å²) in [7, 11) is 1.39. The van der Waals surface area contributed by atoms with Gasteiger partial charge in [-0.2, -0.15) is 4.98 Å². The second kappa shape index (κ2) is 8.00. The van der Waals surface area contributed by atoms with Crippen molar-refractivity contribution in [1.29, 1.82) is 0 Å². The van der Waals surface area contributed by atoms with Crippen molar-refractivity contribution in [2.45, 2.75) is 6.92 Å². The lowest BCUT2D eigenvalue weighted by atomic mass is 10.1. The van der Waals surface area contributed by atoms with Gasteiger partial charge in [-0.3, -0.25) is 15.1 Å². The fourth-order valence-corrected chi connectivity index (χ4v) is 3.01. The summed E-state index contributed by atoms with van der Waals surface area (Å²) < 4.78 is 5.14. The third-order valence-electron chi connectivity index (χ3n) is 4.49. The molecule has 0 saturated carbocycles. The fourth-order valence-electron chi connectivity index (χ4n) is 3.01. The maximum absolute atomic E-state index is 11.2. The smallest absolute Gasteiger partial charge is 0.311 e. The van der Waals surface area contributed by atoms with E-state index in [-0.39, 0.29) is 11.4 Å². The summed E-state index contributed by atoms with van der Waals surface area (Å²) >= 11 is 0. The molecular weight excluding hydrogens is 384 g/mol. The molecule has 0 amide bonds. The van der Waals surface area contributed by atoms with E-state index < -0.39 is 4.92 Å². The molecule has 150 valence electrons. The second-order valence-corrected chi connectivity index (χ2v) is 6.53. The first kappa shape index (κ1) is 19.1. The number of rotatable bonds is 6. The van der Waals surface area contributed by atoms with Crippen molar-refractivity contribution in [3.05, 3.63) is 76.6 Å². The Bertz CT molecular complexity index is 1240. The molecule has 0 atom stereocenters. The number of nitrogens with one attached hydrogen (secondary N) is 2. The standard InChI is InChI=1S/C21H18N6O3/c1-13-9-18(27(28)29)19(30-2)11-17(13)25-21-22-8-7-20(26-21)24-15-10-14-5-3-4-6-16(14)23-12-15/h3-12H,1-2H3,(H2,22,24,25,26). The number of nitro groups is 1. The van der Waals surface area contributed by atoms with E-state index in [4.69, 9.17) is 4.74 Å². The van der Waals surface area contributed by atoms with Gasteiger partial charge in [0.2, 0.25) is 5.95 Å². The number of methoxy groups -OCH3 is 1. The van der Waals surface area contributed by atoms with Gasteiger partial charge in [0.1, 0.15) is 5.82 Å². The van der Waals surface area contributed by atoms with Crippen molar-refractivity contribution >= 4 is 39.7 Å². The van der Waals surface area contributed by atoms with Gasteiger partial charge in [0.25, 0.3) is 0 Å². The zero-order chi connectivity index (χ0) is 21.1. The average molecular weight is 402 g/mol. The highest BCUT2D eigenvalue weighted by atomic mass is 16.6. The zero-order valence-electron chi connectivity index (χ0n) is 16.3. The number of anilines is 4. The molecule has 4 rings (SSSR count). The summed E-state index contributed by atoms with van der Waals surface area (Å²) in [6, 6.07) is 14.6. The quantitative estimate of drug-likeness (QED) is 0.351. The molecule has 0 fully saturated rings. The van der Waals surface area contributed by atoms with Crippen LogP contribution < -0.4 is 15.4 Å². The van der Waals surface area contributed by atoms with E-state index in [1.165, 1.54) is 13.2 Å². The highest BCUT2D eigenvalue weighted by molar-refractivity contribution is 5.82. The van der Waals surface area contributed by atoms with E-state index in [1.54, 1.807) is 31.5 Å². The topological polar surface area (TPSA) is 115 Å². The molecule has 0 radical (unpaired) electrons. The number of benzene rings is 2. The van der Waals surface area contributed by atoms with Crippen molar-refractivity contribution < 1.29 is 9.66 Å². The van der Waals surface area contributed by atoms with Crippen LogP contribution in [0.4, 0.5) is 28.8 Å². The summed E-state index contributed by atoms with van der Waals surface area (Å²) in [5, 5.41) is 18.5. The molecule has 2 aromatic heterocycles. The first-order valence-electron chi connectivity index (χ1n) is 9.08. The highest BCUT2D eigenvalue weighted by Gasteiger charge is 2.18. The van der Waals surface area contributed by atoms with Crippen LogP contribution in [-0.4, -0.2) is 27.0 Å². The molecule has 2 aromatic carbocycles. The summed E-state index contributed by atoms with van der Waals surface area (Å²) in [6.07, 6.45) is 3.35. The number of nitrogens with zero attached hydrogens (tertiary/aromatic N) is 4. The van der Waals surface area contributed by atoms with Crippen molar-refractivity contribution in [1.82, 2.24) is 15.0 Å². The molecule has 0 spiro atoms. The minimum absolute atomic E-state index is 0.0966. The molecule has 2 N–H and O–H groups in total. The van der Waals surface area contributed by atoms with Gasteiger partial charge in [-0.1, -0.05) is 18.2 Å². The van der Waals surface area contributed by atoms with E-state index in [1.807, 2.05) is 30.3 Å². The molecule has 0 aliphatic rings. The highest BCUT2D eigenvalue weighted by Crippen LogP contribution is 2.33. The lowest BCUT2D eigenvalue weighted by Gasteiger charge is -2.12. The largest absolute Gasteiger partial charge is 0.490 e. The number of para-hydroxylation sites is 1. The normalized spacial score (nSPS) is 10.6. The van der Waals surface area contributed by atoms with E-state index in [9.17, 15) is 10.1 Å². The lowest BCUT2D eigenvalue weighted by molar-refractivity contribution is -0.385. The number of aromatic nitrogens is 3. The van der Waals surface area contributed by atoms with Crippen LogP contribution in [0.1, 0.15) is 5.56 Å². The molecule has 0 unspecified atom stereocenters. The van der Waals surface area contributed by atoms with Gasteiger partial charge in [0.15, 0.2) is 5.75 Å². The predicted octanol–water partition coefficient (Wildman–Crippen LogP) is 4.74. The van der Waals surface area contributed by atoms with Crippen molar-refractivity contribution in [2.24, 2.45) is 0 Å². The Labute approximate surface area is 171 Å². The van der Waals surface area contributed by atoms with Crippen LogP contribution in [0.15, 0.2) is 60.9 Å². The van der Waals surface area contributed by atoms with E-state index in [0.29, 0.717) is 23.0 Å². The Balaban J connectivity index is 1.58. The van der Waals surface area contributed by atoms with E-state index in [0.717, 1.165) is 16.6 Å². The average Bonchev–Trinajstić information content (AvgIpc) is 2.75. The van der Waals surface area contributed by atoms with Crippen LogP contribution in [0.25, 0.3) is 10.9 Å². The molecule has 2 heterocycles. The van der Waals surface area contributed by atoms with Crippen LogP contribution in [0, 0.1) is 17.0 Å². The van der Waals surface area contributed by atoms with Gasteiger partial charge >= 0.3 is 5.69 Å². The minimum atomic E-state index is -0.478. The molecule has 9 nitrogen and oxygen atoms in total. The Hall–Kier alpha value is -4.27. The Morgan fingerprint density at radius 1 is 1.07 bits per heavy atom. The summed E-state index contributed by atoms with van der Waals surface area (Å²) in [5.41, 5.74) is 2.90. The third kappa shape index (κ3) is 3.95. The molecule has 0 bridgehead atoms. The van der Waals surface area contributed by atoms with Gasteiger partial charge < -0.3 is 15.4 Å². The molecule has 9 heteroatoms. The number of hydrogen-bond acceptors (Lipinski definition) is 8. The van der Waals surface area contributed by atoms with Crippen molar-refractivity contribution in [3.8, 4) is 5.75 Å². The summed E-state index contributed by atoms with van der Waals surface area (Å²) in [5.74, 6) is 1.08. The van der Waals surface area contributed by atoms with Crippen LogP contribution in [-0.2, 0) is 0 Å². The maximum Gasteiger partial charge on any atom is 0.311 e. The monoisotopic (exact) mass is 402 g/mol. The Kier molecular flexibility index (Phi) is 5.08. The van der Waals surface area contributed by atoms with Crippen LogP contribution in [0.5, 0.6) is 5.75 Å². The number of fused-ring (bicyclic) bond motifs is 1.